The molecule has 0 amide bonds. The van der Waals surface area contributed by atoms with Crippen LogP contribution in [0.2, 0.25) is 0 Å². The van der Waals surface area contributed by atoms with Gasteiger partial charge in [-0.15, -0.1) is 0 Å². The van der Waals surface area contributed by atoms with Gasteiger partial charge >= 0.3 is 0 Å². The van der Waals surface area contributed by atoms with Crippen LogP contribution in [0.4, 0.5) is 0 Å². The minimum Gasteiger partial charge on any atom is -0.400 e. The summed E-state index contributed by atoms with van der Waals surface area (Å²) in [5.74, 6) is 0. The van der Waals surface area contributed by atoms with E-state index >= 15 is 0 Å². The second-order valence-electron chi connectivity index (χ2n) is 2.15. The van der Waals surface area contributed by atoms with Gasteiger partial charge in [-0.3, -0.25) is 0 Å². The van der Waals surface area contributed by atoms with Crippen molar-refractivity contribution in [3.8, 4) is 0 Å². The van der Waals surface area contributed by atoms with Crippen LogP contribution in [0.5, 0.6) is 0 Å². The maximum Gasteiger partial charge on any atom is 0.114 e. The minimum absolute atomic E-state index is 0.269. The molecule has 52 valence electrons. The number of rotatable bonds is 2. The molecule has 0 aliphatic rings. The Hall–Kier alpha value is -0.603. The molecule has 1 aromatic carbocycles. The molecule has 0 fully saturated rings. The highest BCUT2D eigenvalue weighted by molar-refractivity contribution is 6.53. The average molecular weight is 150 g/mol. The summed E-state index contributed by atoms with van der Waals surface area (Å²) in [5.41, 5.74) is 1.27. The quantitative estimate of drug-likeness (QED) is 0.600. The van der Waals surface area contributed by atoms with E-state index in [1.165, 1.54) is 10.8 Å². The van der Waals surface area contributed by atoms with Crippen molar-refractivity contribution in [1.82, 2.24) is 0 Å². The Balaban J connectivity index is 2.81. The van der Waals surface area contributed by atoms with Gasteiger partial charge in [-0.2, -0.15) is 0 Å². The van der Waals surface area contributed by atoms with Crippen LogP contribution in [-0.4, -0.2) is 20.9 Å². The Morgan fingerprint density at radius 2 is 2.10 bits per heavy atom. The lowest BCUT2D eigenvalue weighted by atomic mass is 10.2. The summed E-state index contributed by atoms with van der Waals surface area (Å²) in [5, 5.41) is 9.92. The molecule has 0 atom stereocenters. The number of benzene rings is 1. The molecule has 0 saturated heterocycles. The SMILES string of the molecule is Cc1ccccc1[Si]CO. The van der Waals surface area contributed by atoms with Crippen LogP contribution in [0.25, 0.3) is 0 Å². The number of aliphatic hydroxyl groups excluding tert-OH is 1. The maximum absolute atomic E-state index is 8.66. The van der Waals surface area contributed by atoms with Gasteiger partial charge < -0.3 is 5.11 Å². The highest BCUT2D eigenvalue weighted by Gasteiger charge is 1.94. The van der Waals surface area contributed by atoms with Crippen LogP contribution in [0.3, 0.4) is 0 Å². The van der Waals surface area contributed by atoms with Crippen molar-refractivity contribution < 1.29 is 5.11 Å². The van der Waals surface area contributed by atoms with Gasteiger partial charge in [0.25, 0.3) is 0 Å². The fraction of sp³-hybridized carbons (Fsp3) is 0.250. The summed E-state index contributed by atoms with van der Waals surface area (Å²) < 4.78 is 0. The predicted octanol–water partition coefficient (Wildman–Crippen LogP) is 0.274. The molecule has 0 bridgehead atoms. The van der Waals surface area contributed by atoms with E-state index in [2.05, 4.69) is 19.1 Å². The summed E-state index contributed by atoms with van der Waals surface area (Å²) >= 11 is 0. The Bertz CT molecular complexity index is 210. The van der Waals surface area contributed by atoms with Crippen LogP contribution in [0, 0.1) is 6.92 Å². The van der Waals surface area contributed by atoms with Crippen molar-refractivity contribution in [3.63, 3.8) is 0 Å². The van der Waals surface area contributed by atoms with Crippen molar-refractivity contribution in [2.45, 2.75) is 6.92 Å². The van der Waals surface area contributed by atoms with Crippen molar-refractivity contribution in [1.29, 1.82) is 0 Å². The largest absolute Gasteiger partial charge is 0.400 e. The third kappa shape index (κ3) is 1.69. The van der Waals surface area contributed by atoms with E-state index in [1.54, 1.807) is 0 Å². The zero-order valence-electron chi connectivity index (χ0n) is 5.96. The lowest BCUT2D eigenvalue weighted by Gasteiger charge is -1.99. The Morgan fingerprint density at radius 1 is 1.40 bits per heavy atom. The molecule has 1 nitrogen and oxygen atoms in total. The summed E-state index contributed by atoms with van der Waals surface area (Å²) in [6, 6.07) is 8.15. The monoisotopic (exact) mass is 150 g/mol. The first-order valence-electron chi connectivity index (χ1n) is 3.25. The topological polar surface area (TPSA) is 20.2 Å². The van der Waals surface area contributed by atoms with E-state index in [-0.39, 0.29) is 6.23 Å². The van der Waals surface area contributed by atoms with E-state index in [1.807, 2.05) is 12.1 Å². The van der Waals surface area contributed by atoms with Crippen LogP contribution < -0.4 is 5.19 Å². The molecule has 0 aliphatic carbocycles. The molecule has 0 spiro atoms. The second kappa shape index (κ2) is 3.54. The zero-order chi connectivity index (χ0) is 7.40. The first-order chi connectivity index (χ1) is 4.84. The molecule has 10 heavy (non-hydrogen) atoms. The van der Waals surface area contributed by atoms with Crippen LogP contribution in [-0.2, 0) is 0 Å². The van der Waals surface area contributed by atoms with Gasteiger partial charge in [0.15, 0.2) is 0 Å². The fourth-order valence-electron chi connectivity index (χ4n) is 0.856. The molecule has 0 aromatic heterocycles. The minimum atomic E-state index is 0.269. The molecular formula is C8H10OSi. The zero-order valence-corrected chi connectivity index (χ0v) is 6.96. The van der Waals surface area contributed by atoms with E-state index in [9.17, 15) is 0 Å². The second-order valence-corrected chi connectivity index (χ2v) is 3.36. The molecule has 2 heteroatoms. The van der Waals surface area contributed by atoms with Gasteiger partial charge in [-0.1, -0.05) is 35.0 Å². The highest BCUT2D eigenvalue weighted by Crippen LogP contribution is 1.90. The van der Waals surface area contributed by atoms with Gasteiger partial charge in [0.2, 0.25) is 0 Å². The Morgan fingerprint density at radius 3 is 2.70 bits per heavy atom. The summed E-state index contributed by atoms with van der Waals surface area (Å²) in [6.07, 6.45) is 0.269. The summed E-state index contributed by atoms with van der Waals surface area (Å²) in [7, 11) is 0.542. The van der Waals surface area contributed by atoms with Gasteiger partial charge in [0.1, 0.15) is 9.52 Å². The molecule has 0 aliphatic heterocycles. The van der Waals surface area contributed by atoms with Crippen LogP contribution >= 0.6 is 0 Å². The molecule has 1 N–H and O–H groups in total. The van der Waals surface area contributed by atoms with Crippen LogP contribution in [0.1, 0.15) is 5.56 Å². The maximum atomic E-state index is 8.66. The number of aryl methyl sites for hydroxylation is 1. The summed E-state index contributed by atoms with van der Waals surface area (Å²) in [4.78, 5) is 0. The first-order valence-corrected chi connectivity index (χ1v) is 4.45. The van der Waals surface area contributed by atoms with Gasteiger partial charge in [0, 0.05) is 6.23 Å². The van der Waals surface area contributed by atoms with E-state index in [4.69, 9.17) is 5.11 Å². The van der Waals surface area contributed by atoms with E-state index < -0.39 is 0 Å². The Kier molecular flexibility index (Phi) is 2.65. The van der Waals surface area contributed by atoms with Crippen molar-refractivity contribution in [2.75, 3.05) is 6.23 Å². The molecule has 0 heterocycles. The third-order valence-corrected chi connectivity index (χ3v) is 2.51. The average Bonchev–Trinajstić information content (AvgIpc) is 1.94. The molecule has 0 saturated carbocycles. The van der Waals surface area contributed by atoms with E-state index in [0.717, 1.165) is 0 Å². The molecule has 1 rings (SSSR count). The lowest BCUT2D eigenvalue weighted by Crippen LogP contribution is -2.20. The Labute approximate surface area is 63.5 Å². The molecule has 2 radical (unpaired) electrons. The number of hydrogen-bond acceptors (Lipinski definition) is 1. The van der Waals surface area contributed by atoms with Gasteiger partial charge in [-0.05, 0) is 6.92 Å². The first kappa shape index (κ1) is 7.50. The van der Waals surface area contributed by atoms with Crippen molar-refractivity contribution >= 4 is 14.7 Å². The number of hydrogen-bond donors (Lipinski definition) is 1. The standard InChI is InChI=1S/C8H10OSi/c1-7-4-2-3-5-8(7)10-6-9/h2-5,9H,6H2,1H3. The van der Waals surface area contributed by atoms with Crippen LogP contribution in [0.15, 0.2) is 24.3 Å². The summed E-state index contributed by atoms with van der Waals surface area (Å²) in [6.45, 7) is 2.07. The van der Waals surface area contributed by atoms with Gasteiger partial charge in [0.05, 0.1) is 0 Å². The fourth-order valence-corrected chi connectivity index (χ4v) is 1.60. The molecular weight excluding hydrogens is 140 g/mol. The van der Waals surface area contributed by atoms with E-state index in [0.29, 0.717) is 9.52 Å². The normalized spacial score (nSPS) is 9.80. The number of aliphatic hydroxyl groups is 1. The smallest absolute Gasteiger partial charge is 0.114 e. The third-order valence-electron chi connectivity index (χ3n) is 1.41. The molecule has 0 unspecified atom stereocenters. The van der Waals surface area contributed by atoms with Gasteiger partial charge in [-0.25, -0.2) is 0 Å². The van der Waals surface area contributed by atoms with Crippen molar-refractivity contribution in [2.24, 2.45) is 0 Å². The highest BCUT2D eigenvalue weighted by atomic mass is 28.2. The van der Waals surface area contributed by atoms with Crippen molar-refractivity contribution in [3.05, 3.63) is 29.8 Å². The lowest BCUT2D eigenvalue weighted by molar-refractivity contribution is 0.367. The predicted molar refractivity (Wildman–Crippen MR) is 43.7 cm³/mol. The molecule has 1 aromatic rings.